The van der Waals surface area contributed by atoms with E-state index in [-0.39, 0.29) is 12.4 Å². The van der Waals surface area contributed by atoms with Gasteiger partial charge in [-0.25, -0.2) is 13.9 Å². The number of fused-ring (bicyclic) bond motifs is 1. The van der Waals surface area contributed by atoms with Crippen molar-refractivity contribution in [3.63, 3.8) is 0 Å². The predicted octanol–water partition coefficient (Wildman–Crippen LogP) is 4.74. The molecule has 0 aliphatic carbocycles. The number of hydrogen-bond acceptors (Lipinski definition) is 7. The Morgan fingerprint density at radius 1 is 1.27 bits per heavy atom. The van der Waals surface area contributed by atoms with Crippen LogP contribution in [-0.2, 0) is 15.3 Å². The summed E-state index contributed by atoms with van der Waals surface area (Å²) in [6, 6.07) is 13.4. The lowest BCUT2D eigenvalue weighted by Gasteiger charge is -2.28. The van der Waals surface area contributed by atoms with Gasteiger partial charge in [-0.3, -0.25) is 0 Å². The number of halogens is 1. The van der Waals surface area contributed by atoms with Gasteiger partial charge in [0.2, 0.25) is 11.1 Å². The molecular formula is C24H23FN4O3S. The number of methoxy groups -OCH3 is 1. The summed E-state index contributed by atoms with van der Waals surface area (Å²) < 4.78 is 26.3. The molecule has 0 saturated heterocycles. The SMILES string of the molecule is C=CCOC(=O)C1=C(C)Nc2nc(SCc3ccccc3F)nn2C1c1ccc(OC)cc1. The first kappa shape index (κ1) is 22.6. The highest BCUT2D eigenvalue weighted by Crippen LogP contribution is 2.37. The van der Waals surface area contributed by atoms with Crippen molar-refractivity contribution in [1.82, 2.24) is 14.8 Å². The second kappa shape index (κ2) is 9.91. The molecule has 1 aliphatic heterocycles. The maximum atomic E-state index is 14.0. The predicted molar refractivity (Wildman–Crippen MR) is 125 cm³/mol. The number of allylic oxidation sites excluding steroid dienone is 1. The van der Waals surface area contributed by atoms with Crippen LogP contribution in [0.15, 0.2) is 77.6 Å². The minimum Gasteiger partial charge on any atom is -0.497 e. The molecule has 3 aromatic rings. The molecule has 0 amide bonds. The van der Waals surface area contributed by atoms with Crippen LogP contribution in [0.5, 0.6) is 5.75 Å². The number of aromatic nitrogens is 3. The lowest BCUT2D eigenvalue weighted by Crippen LogP contribution is -2.29. The number of benzene rings is 2. The second-order valence-electron chi connectivity index (χ2n) is 7.27. The van der Waals surface area contributed by atoms with Gasteiger partial charge in [-0.1, -0.05) is 54.7 Å². The van der Waals surface area contributed by atoms with Crippen LogP contribution in [0.2, 0.25) is 0 Å². The Hall–Kier alpha value is -3.59. The van der Waals surface area contributed by atoms with Gasteiger partial charge in [0.25, 0.3) is 0 Å². The van der Waals surface area contributed by atoms with E-state index < -0.39 is 12.0 Å². The van der Waals surface area contributed by atoms with Crippen LogP contribution < -0.4 is 10.1 Å². The molecule has 2 heterocycles. The Bertz CT molecular complexity index is 1210. The van der Waals surface area contributed by atoms with Crippen molar-refractivity contribution in [3.8, 4) is 5.75 Å². The normalized spacial score (nSPS) is 14.9. The fourth-order valence-electron chi connectivity index (χ4n) is 3.52. The van der Waals surface area contributed by atoms with Gasteiger partial charge in [-0.05, 0) is 36.2 Å². The van der Waals surface area contributed by atoms with Crippen LogP contribution in [0.1, 0.15) is 24.1 Å². The zero-order valence-electron chi connectivity index (χ0n) is 18.2. The molecule has 1 atom stereocenters. The zero-order chi connectivity index (χ0) is 23.4. The standard InChI is InChI=1S/C24H23FN4O3S/c1-4-13-32-22(30)20-15(2)26-23-27-24(33-14-17-7-5-6-8-19(17)25)28-29(23)21(20)16-9-11-18(31-3)12-10-16/h4-12,21H,1,13-14H2,2-3H3,(H,26,27,28). The van der Waals surface area contributed by atoms with E-state index >= 15 is 0 Å². The average Bonchev–Trinajstić information content (AvgIpc) is 3.23. The van der Waals surface area contributed by atoms with E-state index in [0.29, 0.717) is 39.4 Å². The summed E-state index contributed by atoms with van der Waals surface area (Å²) in [6.07, 6.45) is 1.52. The van der Waals surface area contributed by atoms with E-state index in [9.17, 15) is 9.18 Å². The summed E-state index contributed by atoms with van der Waals surface area (Å²) in [6.45, 7) is 5.50. The molecule has 0 bridgehead atoms. The van der Waals surface area contributed by atoms with Gasteiger partial charge in [-0.2, -0.15) is 4.98 Å². The molecule has 7 nitrogen and oxygen atoms in total. The first-order valence-corrected chi connectivity index (χ1v) is 11.2. The highest BCUT2D eigenvalue weighted by molar-refractivity contribution is 7.98. The van der Waals surface area contributed by atoms with Gasteiger partial charge in [0, 0.05) is 11.4 Å². The van der Waals surface area contributed by atoms with Gasteiger partial charge in [0.15, 0.2) is 0 Å². The van der Waals surface area contributed by atoms with E-state index in [1.165, 1.54) is 23.9 Å². The van der Waals surface area contributed by atoms with Gasteiger partial charge < -0.3 is 14.8 Å². The Morgan fingerprint density at radius 3 is 2.73 bits per heavy atom. The largest absolute Gasteiger partial charge is 0.497 e. The van der Waals surface area contributed by atoms with Crippen LogP contribution >= 0.6 is 11.8 Å². The van der Waals surface area contributed by atoms with Crippen molar-refractivity contribution in [1.29, 1.82) is 0 Å². The summed E-state index contributed by atoms with van der Waals surface area (Å²) in [7, 11) is 1.59. The van der Waals surface area contributed by atoms with Crippen molar-refractivity contribution < 1.29 is 18.7 Å². The highest BCUT2D eigenvalue weighted by atomic mass is 32.2. The highest BCUT2D eigenvalue weighted by Gasteiger charge is 2.35. The molecule has 0 radical (unpaired) electrons. The van der Waals surface area contributed by atoms with Crippen molar-refractivity contribution in [2.75, 3.05) is 19.0 Å². The number of nitrogens with one attached hydrogen (secondary N) is 1. The smallest absolute Gasteiger partial charge is 0.338 e. The molecule has 4 rings (SSSR count). The summed E-state index contributed by atoms with van der Waals surface area (Å²) in [5.74, 6) is 0.827. The fraction of sp³-hybridized carbons (Fsp3) is 0.208. The molecule has 1 unspecified atom stereocenters. The molecule has 0 fully saturated rings. The summed E-state index contributed by atoms with van der Waals surface area (Å²) in [4.78, 5) is 17.5. The first-order chi connectivity index (χ1) is 16.0. The number of carbonyl (C=O) groups excluding carboxylic acids is 1. The summed E-state index contributed by atoms with van der Waals surface area (Å²) in [5, 5.41) is 8.25. The van der Waals surface area contributed by atoms with E-state index in [1.54, 1.807) is 36.9 Å². The monoisotopic (exact) mass is 466 g/mol. The van der Waals surface area contributed by atoms with Crippen LogP contribution in [-0.4, -0.2) is 34.5 Å². The number of rotatable bonds is 8. The topological polar surface area (TPSA) is 78.3 Å². The minimum absolute atomic E-state index is 0.0961. The quantitative estimate of drug-likeness (QED) is 0.292. The molecule has 2 aromatic carbocycles. The third-order valence-corrected chi connectivity index (χ3v) is 6.02. The third-order valence-electron chi connectivity index (χ3n) is 5.13. The molecule has 33 heavy (non-hydrogen) atoms. The number of nitrogens with zero attached hydrogens (tertiary/aromatic N) is 3. The average molecular weight is 467 g/mol. The Labute approximate surface area is 195 Å². The number of thioether (sulfide) groups is 1. The molecule has 1 aliphatic rings. The number of anilines is 1. The van der Waals surface area contributed by atoms with E-state index in [0.717, 1.165) is 5.56 Å². The van der Waals surface area contributed by atoms with E-state index in [4.69, 9.17) is 9.47 Å². The van der Waals surface area contributed by atoms with Crippen LogP contribution in [0.3, 0.4) is 0 Å². The van der Waals surface area contributed by atoms with Crippen molar-refractivity contribution in [2.45, 2.75) is 23.9 Å². The summed E-state index contributed by atoms with van der Waals surface area (Å²) >= 11 is 1.32. The van der Waals surface area contributed by atoms with Crippen LogP contribution in [0.4, 0.5) is 10.3 Å². The lowest BCUT2D eigenvalue weighted by atomic mass is 9.96. The van der Waals surface area contributed by atoms with Crippen molar-refractivity contribution >= 4 is 23.7 Å². The number of hydrogen-bond donors (Lipinski definition) is 1. The molecule has 9 heteroatoms. The fourth-order valence-corrected chi connectivity index (χ4v) is 4.34. The van der Waals surface area contributed by atoms with Crippen LogP contribution in [0, 0.1) is 5.82 Å². The minimum atomic E-state index is -0.556. The van der Waals surface area contributed by atoms with Crippen molar-refractivity contribution in [3.05, 3.63) is 89.4 Å². The number of ether oxygens (including phenoxy) is 2. The number of carbonyl (C=O) groups is 1. The van der Waals surface area contributed by atoms with E-state index in [2.05, 4.69) is 22.0 Å². The lowest BCUT2D eigenvalue weighted by molar-refractivity contribution is -0.138. The molecule has 1 N–H and O–H groups in total. The Balaban J connectivity index is 1.69. The maximum Gasteiger partial charge on any atom is 0.338 e. The first-order valence-electron chi connectivity index (χ1n) is 10.2. The zero-order valence-corrected chi connectivity index (χ0v) is 19.1. The molecule has 170 valence electrons. The molecule has 0 saturated carbocycles. The molecule has 1 aromatic heterocycles. The third kappa shape index (κ3) is 4.78. The Morgan fingerprint density at radius 2 is 2.03 bits per heavy atom. The second-order valence-corrected chi connectivity index (χ2v) is 8.21. The van der Waals surface area contributed by atoms with Gasteiger partial charge >= 0.3 is 5.97 Å². The van der Waals surface area contributed by atoms with Gasteiger partial charge in [-0.15, -0.1) is 5.10 Å². The van der Waals surface area contributed by atoms with Crippen molar-refractivity contribution in [2.24, 2.45) is 0 Å². The molecular weight excluding hydrogens is 443 g/mol. The summed E-state index contributed by atoms with van der Waals surface area (Å²) in [5.41, 5.74) is 2.43. The molecule has 0 spiro atoms. The Kier molecular flexibility index (Phi) is 6.79. The maximum absolute atomic E-state index is 14.0. The van der Waals surface area contributed by atoms with Crippen LogP contribution in [0.25, 0.3) is 0 Å². The van der Waals surface area contributed by atoms with E-state index in [1.807, 2.05) is 24.3 Å². The van der Waals surface area contributed by atoms with Gasteiger partial charge in [0.05, 0.1) is 12.7 Å². The number of esters is 1. The van der Waals surface area contributed by atoms with Gasteiger partial charge in [0.1, 0.15) is 24.2 Å².